The van der Waals surface area contributed by atoms with Gasteiger partial charge in [-0.15, -0.1) is 0 Å². The Morgan fingerprint density at radius 2 is 1.89 bits per heavy atom. The zero-order chi connectivity index (χ0) is 19.6. The minimum atomic E-state index is -4.47. The van der Waals surface area contributed by atoms with Crippen LogP contribution in [0.4, 0.5) is 18.9 Å². The molecule has 2 aromatic rings. The monoisotopic (exact) mass is 492 g/mol. The van der Waals surface area contributed by atoms with Crippen LogP contribution >= 0.6 is 22.6 Å². The van der Waals surface area contributed by atoms with Crippen LogP contribution in [0.3, 0.4) is 0 Å². The molecular weight excluding hydrogens is 476 g/mol. The summed E-state index contributed by atoms with van der Waals surface area (Å²) >= 11 is 1.88. The molecule has 1 N–H and O–H groups in total. The predicted octanol–water partition coefficient (Wildman–Crippen LogP) is 4.39. The van der Waals surface area contributed by atoms with Crippen molar-refractivity contribution >= 4 is 40.1 Å². The highest BCUT2D eigenvalue weighted by molar-refractivity contribution is 14.1. The highest BCUT2D eigenvalue weighted by Crippen LogP contribution is 2.33. The maximum atomic E-state index is 12.9. The van der Waals surface area contributed by atoms with Crippen molar-refractivity contribution in [2.45, 2.75) is 19.0 Å². The third kappa shape index (κ3) is 4.63. The molecule has 2 amide bonds. The fourth-order valence-corrected chi connectivity index (χ4v) is 3.42. The SMILES string of the molecule is O=C(Nc1cc(C(F)(F)F)ccc1I)C1CCN(C(=O)c2ccoc2)CC1. The van der Waals surface area contributed by atoms with Crippen LogP contribution < -0.4 is 5.32 Å². The van der Waals surface area contributed by atoms with Crippen LogP contribution in [0, 0.1) is 9.49 Å². The summed E-state index contributed by atoms with van der Waals surface area (Å²) in [5.74, 6) is -0.846. The second-order valence-electron chi connectivity index (χ2n) is 6.26. The predicted molar refractivity (Wildman–Crippen MR) is 100 cm³/mol. The third-order valence-corrected chi connectivity index (χ3v) is 5.41. The Bertz CT molecular complexity index is 829. The number of nitrogens with one attached hydrogen (secondary N) is 1. The fourth-order valence-electron chi connectivity index (χ4n) is 2.95. The molecule has 1 aromatic heterocycles. The van der Waals surface area contributed by atoms with E-state index in [9.17, 15) is 22.8 Å². The summed E-state index contributed by atoms with van der Waals surface area (Å²) in [5.41, 5.74) is -0.206. The minimum Gasteiger partial charge on any atom is -0.472 e. The maximum Gasteiger partial charge on any atom is 0.416 e. The number of amides is 2. The average molecular weight is 492 g/mol. The molecule has 0 unspecified atom stereocenters. The van der Waals surface area contributed by atoms with Gasteiger partial charge in [-0.1, -0.05) is 0 Å². The van der Waals surface area contributed by atoms with Crippen LogP contribution in [0.25, 0.3) is 0 Å². The van der Waals surface area contributed by atoms with E-state index in [1.165, 1.54) is 18.6 Å². The molecule has 1 aromatic carbocycles. The Morgan fingerprint density at radius 1 is 1.19 bits per heavy atom. The second kappa shape index (κ2) is 7.91. The molecule has 0 atom stereocenters. The first-order valence-electron chi connectivity index (χ1n) is 8.25. The minimum absolute atomic E-state index is 0.146. The zero-order valence-electron chi connectivity index (χ0n) is 14.1. The van der Waals surface area contributed by atoms with Gasteiger partial charge in [-0.05, 0) is 59.7 Å². The molecule has 1 aliphatic heterocycles. The molecule has 0 radical (unpaired) electrons. The van der Waals surface area contributed by atoms with Crippen molar-refractivity contribution in [2.75, 3.05) is 18.4 Å². The van der Waals surface area contributed by atoms with Crippen molar-refractivity contribution in [3.8, 4) is 0 Å². The fraction of sp³-hybridized carbons (Fsp3) is 0.333. The number of rotatable bonds is 3. The van der Waals surface area contributed by atoms with Crippen molar-refractivity contribution in [2.24, 2.45) is 5.92 Å². The van der Waals surface area contributed by atoms with Gasteiger partial charge in [-0.2, -0.15) is 13.2 Å². The van der Waals surface area contributed by atoms with Gasteiger partial charge in [0.25, 0.3) is 5.91 Å². The van der Waals surface area contributed by atoms with Crippen molar-refractivity contribution in [1.29, 1.82) is 0 Å². The lowest BCUT2D eigenvalue weighted by atomic mass is 9.95. The maximum absolute atomic E-state index is 12.9. The number of piperidine rings is 1. The largest absolute Gasteiger partial charge is 0.472 e. The van der Waals surface area contributed by atoms with Crippen molar-refractivity contribution < 1.29 is 27.2 Å². The molecular formula is C18H16F3IN2O3. The number of halogens is 4. The van der Waals surface area contributed by atoms with Gasteiger partial charge in [-0.3, -0.25) is 9.59 Å². The standard InChI is InChI=1S/C18H16F3IN2O3/c19-18(20,21)13-1-2-14(22)15(9-13)23-16(25)11-3-6-24(7-4-11)17(26)12-5-8-27-10-12/h1-2,5,8-11H,3-4,6-7H2,(H,23,25). The van der Waals surface area contributed by atoms with Crippen LogP contribution in [0.15, 0.2) is 41.2 Å². The van der Waals surface area contributed by atoms with E-state index in [2.05, 4.69) is 5.32 Å². The first-order valence-corrected chi connectivity index (χ1v) is 9.32. The van der Waals surface area contributed by atoms with Crippen LogP contribution in [-0.4, -0.2) is 29.8 Å². The smallest absolute Gasteiger partial charge is 0.416 e. The molecule has 0 spiro atoms. The summed E-state index contributed by atoms with van der Waals surface area (Å²) in [7, 11) is 0. The van der Waals surface area contributed by atoms with Gasteiger partial charge in [0, 0.05) is 22.6 Å². The number of hydrogen-bond acceptors (Lipinski definition) is 3. The number of benzene rings is 1. The van der Waals surface area contributed by atoms with Gasteiger partial charge in [0.2, 0.25) is 5.91 Å². The molecule has 0 aliphatic carbocycles. The molecule has 9 heteroatoms. The molecule has 1 aliphatic rings. The van der Waals surface area contributed by atoms with E-state index in [0.717, 1.165) is 12.1 Å². The summed E-state index contributed by atoms with van der Waals surface area (Å²) in [5, 5.41) is 2.60. The summed E-state index contributed by atoms with van der Waals surface area (Å²) in [4.78, 5) is 26.4. The Balaban J connectivity index is 1.61. The zero-order valence-corrected chi connectivity index (χ0v) is 16.2. The van der Waals surface area contributed by atoms with Crippen molar-refractivity contribution in [1.82, 2.24) is 4.90 Å². The molecule has 3 rings (SSSR count). The Labute approximate surface area is 167 Å². The number of likely N-dealkylation sites (tertiary alicyclic amines) is 1. The van der Waals surface area contributed by atoms with Crippen LogP contribution in [0.2, 0.25) is 0 Å². The van der Waals surface area contributed by atoms with E-state index in [0.29, 0.717) is 35.1 Å². The van der Waals surface area contributed by atoms with Gasteiger partial charge in [0.05, 0.1) is 23.1 Å². The first-order chi connectivity index (χ1) is 12.8. The summed E-state index contributed by atoms with van der Waals surface area (Å²) in [6, 6.07) is 4.83. The van der Waals surface area contributed by atoms with E-state index in [-0.39, 0.29) is 23.4 Å². The Kier molecular flexibility index (Phi) is 5.78. The molecule has 27 heavy (non-hydrogen) atoms. The molecule has 1 fully saturated rings. The van der Waals surface area contributed by atoms with Crippen molar-refractivity contribution in [3.05, 3.63) is 51.5 Å². The highest BCUT2D eigenvalue weighted by Gasteiger charge is 2.32. The highest BCUT2D eigenvalue weighted by atomic mass is 127. The van der Waals surface area contributed by atoms with Gasteiger partial charge in [0.15, 0.2) is 0 Å². The number of anilines is 1. The topological polar surface area (TPSA) is 62.6 Å². The van der Waals surface area contributed by atoms with E-state index < -0.39 is 11.7 Å². The molecule has 5 nitrogen and oxygen atoms in total. The van der Waals surface area contributed by atoms with E-state index >= 15 is 0 Å². The summed E-state index contributed by atoms with van der Waals surface area (Å²) in [6.07, 6.45) is -0.778. The summed E-state index contributed by atoms with van der Waals surface area (Å²) in [6.45, 7) is 0.809. The third-order valence-electron chi connectivity index (χ3n) is 4.47. The second-order valence-corrected chi connectivity index (χ2v) is 7.42. The van der Waals surface area contributed by atoms with Gasteiger partial charge >= 0.3 is 6.18 Å². The molecule has 0 bridgehead atoms. The number of hydrogen-bond donors (Lipinski definition) is 1. The molecule has 1 saturated heterocycles. The number of carbonyl (C=O) groups excluding carboxylic acids is 2. The quantitative estimate of drug-likeness (QED) is 0.647. The lowest BCUT2D eigenvalue weighted by Gasteiger charge is -2.31. The van der Waals surface area contributed by atoms with E-state index in [1.807, 2.05) is 22.6 Å². The van der Waals surface area contributed by atoms with E-state index in [1.54, 1.807) is 11.0 Å². The molecule has 0 saturated carbocycles. The molecule has 144 valence electrons. The Morgan fingerprint density at radius 3 is 2.48 bits per heavy atom. The normalized spacial score (nSPS) is 15.6. The molecule has 2 heterocycles. The average Bonchev–Trinajstić information content (AvgIpc) is 3.16. The van der Waals surface area contributed by atoms with Crippen LogP contribution in [-0.2, 0) is 11.0 Å². The van der Waals surface area contributed by atoms with Crippen LogP contribution in [0.1, 0.15) is 28.8 Å². The van der Waals surface area contributed by atoms with E-state index in [4.69, 9.17) is 4.42 Å². The number of alkyl halides is 3. The lowest BCUT2D eigenvalue weighted by molar-refractivity contribution is -0.137. The van der Waals surface area contributed by atoms with Crippen molar-refractivity contribution in [3.63, 3.8) is 0 Å². The van der Waals surface area contributed by atoms with Crippen LogP contribution in [0.5, 0.6) is 0 Å². The lowest BCUT2D eigenvalue weighted by Crippen LogP contribution is -2.41. The van der Waals surface area contributed by atoms with Gasteiger partial charge in [0.1, 0.15) is 6.26 Å². The number of nitrogens with zero attached hydrogens (tertiary/aromatic N) is 1. The van der Waals surface area contributed by atoms with Gasteiger partial charge in [-0.25, -0.2) is 0 Å². The Hall–Kier alpha value is -2.04. The number of furan rings is 1. The summed E-state index contributed by atoms with van der Waals surface area (Å²) < 4.78 is 44.0. The van der Waals surface area contributed by atoms with Gasteiger partial charge < -0.3 is 14.6 Å². The first kappa shape index (κ1) is 19.7. The number of carbonyl (C=O) groups is 2.